The molecule has 0 N–H and O–H groups in total. The van der Waals surface area contributed by atoms with Gasteiger partial charge >= 0.3 is 0 Å². The molecule has 0 aliphatic carbocycles. The molecule has 2 aromatic carbocycles. The molecule has 2 heterocycles. The average Bonchev–Trinajstić information content (AvgIpc) is 3.25. The summed E-state index contributed by atoms with van der Waals surface area (Å²) in [6.07, 6.45) is 1.96. The molecule has 162 valence electrons. The van der Waals surface area contributed by atoms with Crippen LogP contribution in [0.4, 0.5) is 0 Å². The van der Waals surface area contributed by atoms with Gasteiger partial charge in [-0.25, -0.2) is 4.68 Å². The number of tetrazole rings is 1. The number of rotatable bonds is 8. The molecule has 0 saturated carbocycles. The topological polar surface area (TPSA) is 59.3 Å². The predicted octanol–water partition coefficient (Wildman–Crippen LogP) is 3.28. The molecule has 7 nitrogen and oxygen atoms in total. The highest BCUT2D eigenvalue weighted by Gasteiger charge is 2.30. The zero-order chi connectivity index (χ0) is 21.6. The van der Waals surface area contributed by atoms with Crippen LogP contribution in [0.25, 0.3) is 0 Å². The highest BCUT2D eigenvalue weighted by atomic mass is 35.5. The van der Waals surface area contributed by atoms with E-state index >= 15 is 0 Å². The maximum absolute atomic E-state index is 6.16. The van der Waals surface area contributed by atoms with E-state index in [4.69, 9.17) is 16.3 Å². The van der Waals surface area contributed by atoms with Crippen molar-refractivity contribution in [2.24, 2.45) is 0 Å². The summed E-state index contributed by atoms with van der Waals surface area (Å²) < 4.78 is 7.15. The van der Waals surface area contributed by atoms with Crippen molar-refractivity contribution in [3.8, 4) is 5.75 Å². The number of benzene rings is 2. The lowest BCUT2D eigenvalue weighted by Gasteiger charge is -2.38. The first-order chi connectivity index (χ1) is 15.2. The van der Waals surface area contributed by atoms with E-state index in [1.807, 2.05) is 47.2 Å². The van der Waals surface area contributed by atoms with Crippen LogP contribution < -0.4 is 4.74 Å². The first-order valence-electron chi connectivity index (χ1n) is 10.4. The zero-order valence-corrected chi connectivity index (χ0v) is 18.4. The molecular weight excluding hydrogens is 412 g/mol. The van der Waals surface area contributed by atoms with Crippen LogP contribution in [0.15, 0.2) is 61.2 Å². The Labute approximate surface area is 187 Å². The number of methoxy groups -OCH3 is 1. The van der Waals surface area contributed by atoms with Crippen LogP contribution in [0, 0.1) is 0 Å². The number of hydrogen-bond donors (Lipinski definition) is 0. The zero-order valence-electron chi connectivity index (χ0n) is 17.7. The van der Waals surface area contributed by atoms with Gasteiger partial charge in [-0.15, -0.1) is 11.7 Å². The lowest BCUT2D eigenvalue weighted by Crippen LogP contribution is -2.48. The van der Waals surface area contributed by atoms with E-state index in [0.717, 1.165) is 60.4 Å². The van der Waals surface area contributed by atoms with Crippen molar-refractivity contribution in [3.05, 3.63) is 83.2 Å². The standard InChI is InChI=1S/C23H27ClN6O/c1-3-12-28-13-15-29(16-14-28)22(19-6-8-20(24)9-7-19)23-25-26-27-30(23)17-18-4-10-21(31-2)11-5-18/h3-11,22H,1,12-17H2,2H3/t22-/m0/s1. The second kappa shape index (κ2) is 10.0. The van der Waals surface area contributed by atoms with Gasteiger partial charge in [0.25, 0.3) is 0 Å². The van der Waals surface area contributed by atoms with Gasteiger partial charge < -0.3 is 4.74 Å². The van der Waals surface area contributed by atoms with Gasteiger partial charge in [0.2, 0.25) is 0 Å². The van der Waals surface area contributed by atoms with Crippen molar-refractivity contribution >= 4 is 11.6 Å². The fraction of sp³-hybridized carbons (Fsp3) is 0.348. The lowest BCUT2D eigenvalue weighted by atomic mass is 10.0. The maximum Gasteiger partial charge on any atom is 0.173 e. The Bertz CT molecular complexity index is 980. The highest BCUT2D eigenvalue weighted by Crippen LogP contribution is 2.29. The second-order valence-corrected chi connectivity index (χ2v) is 8.06. The fourth-order valence-electron chi connectivity index (χ4n) is 3.98. The Hall–Kier alpha value is -2.74. The average molecular weight is 439 g/mol. The van der Waals surface area contributed by atoms with Gasteiger partial charge in [0.1, 0.15) is 5.75 Å². The molecule has 0 spiro atoms. The van der Waals surface area contributed by atoms with Crippen LogP contribution in [0.1, 0.15) is 23.0 Å². The van der Waals surface area contributed by atoms with E-state index in [9.17, 15) is 0 Å². The summed E-state index contributed by atoms with van der Waals surface area (Å²) in [5, 5.41) is 13.5. The van der Waals surface area contributed by atoms with Crippen LogP contribution >= 0.6 is 11.6 Å². The molecule has 1 fully saturated rings. The minimum atomic E-state index is -0.0450. The third-order valence-electron chi connectivity index (χ3n) is 5.64. The summed E-state index contributed by atoms with van der Waals surface area (Å²) in [6, 6.07) is 15.9. The molecule has 1 saturated heterocycles. The molecule has 31 heavy (non-hydrogen) atoms. The summed E-state index contributed by atoms with van der Waals surface area (Å²) in [7, 11) is 1.67. The molecule has 0 unspecified atom stereocenters. The Balaban J connectivity index is 1.62. The first-order valence-corrected chi connectivity index (χ1v) is 10.8. The molecule has 1 aliphatic rings. The number of halogens is 1. The van der Waals surface area contributed by atoms with E-state index in [2.05, 4.69) is 44.0 Å². The van der Waals surface area contributed by atoms with Crippen molar-refractivity contribution in [1.82, 2.24) is 30.0 Å². The molecule has 0 bridgehead atoms. The SMILES string of the molecule is C=CCN1CCN([C@@H](c2ccc(Cl)cc2)c2nnnn2Cc2ccc(OC)cc2)CC1. The molecule has 0 amide bonds. The summed E-state index contributed by atoms with van der Waals surface area (Å²) >= 11 is 6.16. The fourth-order valence-corrected chi connectivity index (χ4v) is 4.10. The van der Waals surface area contributed by atoms with Gasteiger partial charge in [0, 0.05) is 37.7 Å². The van der Waals surface area contributed by atoms with Gasteiger partial charge in [-0.2, -0.15) is 0 Å². The van der Waals surface area contributed by atoms with E-state index < -0.39 is 0 Å². The van der Waals surface area contributed by atoms with Crippen molar-refractivity contribution in [2.45, 2.75) is 12.6 Å². The number of piperazine rings is 1. The number of hydrogen-bond acceptors (Lipinski definition) is 6. The summed E-state index contributed by atoms with van der Waals surface area (Å²) in [4.78, 5) is 4.85. The summed E-state index contributed by atoms with van der Waals surface area (Å²) in [5.74, 6) is 1.66. The van der Waals surface area contributed by atoms with Crippen molar-refractivity contribution in [3.63, 3.8) is 0 Å². The third kappa shape index (κ3) is 5.12. The monoisotopic (exact) mass is 438 g/mol. The van der Waals surface area contributed by atoms with Crippen molar-refractivity contribution in [1.29, 1.82) is 0 Å². The Morgan fingerprint density at radius 3 is 2.42 bits per heavy atom. The van der Waals surface area contributed by atoms with Crippen LogP contribution in [0.5, 0.6) is 5.75 Å². The minimum Gasteiger partial charge on any atom is -0.497 e. The van der Waals surface area contributed by atoms with Crippen LogP contribution in [-0.2, 0) is 6.54 Å². The van der Waals surface area contributed by atoms with Crippen LogP contribution in [-0.4, -0.2) is 69.8 Å². The molecule has 8 heteroatoms. The molecule has 4 rings (SSSR count). The smallest absolute Gasteiger partial charge is 0.173 e. The van der Waals surface area contributed by atoms with Crippen molar-refractivity contribution < 1.29 is 4.74 Å². The van der Waals surface area contributed by atoms with E-state index in [1.165, 1.54) is 0 Å². The first kappa shape index (κ1) is 21.5. The van der Waals surface area contributed by atoms with Crippen LogP contribution in [0.3, 0.4) is 0 Å². The maximum atomic E-state index is 6.16. The number of nitrogens with zero attached hydrogens (tertiary/aromatic N) is 6. The van der Waals surface area contributed by atoms with Gasteiger partial charge in [0.05, 0.1) is 19.7 Å². The Morgan fingerprint density at radius 1 is 1.06 bits per heavy atom. The molecular formula is C23H27ClN6O. The van der Waals surface area contributed by atoms with E-state index in [1.54, 1.807) is 7.11 Å². The number of ether oxygens (including phenoxy) is 1. The quantitative estimate of drug-likeness (QED) is 0.503. The normalized spacial score (nSPS) is 16.2. The highest BCUT2D eigenvalue weighted by molar-refractivity contribution is 6.30. The Kier molecular flexibility index (Phi) is 6.96. The van der Waals surface area contributed by atoms with E-state index in [0.29, 0.717) is 6.54 Å². The van der Waals surface area contributed by atoms with Crippen LogP contribution in [0.2, 0.25) is 5.02 Å². The Morgan fingerprint density at radius 2 is 1.77 bits per heavy atom. The largest absolute Gasteiger partial charge is 0.497 e. The summed E-state index contributed by atoms with van der Waals surface area (Å²) in [6.45, 7) is 9.18. The summed E-state index contributed by atoms with van der Waals surface area (Å²) in [5.41, 5.74) is 2.24. The lowest BCUT2D eigenvalue weighted by molar-refractivity contribution is 0.112. The van der Waals surface area contributed by atoms with Gasteiger partial charge in [-0.1, -0.05) is 41.9 Å². The van der Waals surface area contributed by atoms with Gasteiger partial charge in [0.15, 0.2) is 5.82 Å². The van der Waals surface area contributed by atoms with Gasteiger partial charge in [-0.05, 0) is 45.8 Å². The predicted molar refractivity (Wildman–Crippen MR) is 121 cm³/mol. The minimum absolute atomic E-state index is 0.0450. The molecule has 1 aromatic heterocycles. The van der Waals surface area contributed by atoms with Crippen molar-refractivity contribution in [2.75, 3.05) is 39.8 Å². The molecule has 0 radical (unpaired) electrons. The van der Waals surface area contributed by atoms with E-state index in [-0.39, 0.29) is 6.04 Å². The third-order valence-corrected chi connectivity index (χ3v) is 5.89. The second-order valence-electron chi connectivity index (χ2n) is 7.62. The molecule has 3 aromatic rings. The molecule has 1 aliphatic heterocycles. The number of aromatic nitrogens is 4. The van der Waals surface area contributed by atoms with Gasteiger partial charge in [-0.3, -0.25) is 9.80 Å². The molecule has 1 atom stereocenters.